The lowest BCUT2D eigenvalue weighted by atomic mass is 10.3. The molecule has 2 heterocycles. The maximum Gasteiger partial charge on any atom is 0.261 e. The van der Waals surface area contributed by atoms with Crippen LogP contribution in [0.25, 0.3) is 10.8 Å². The van der Waals surface area contributed by atoms with Crippen molar-refractivity contribution in [3.63, 3.8) is 0 Å². The van der Waals surface area contributed by atoms with Crippen LogP contribution >= 0.6 is 11.5 Å². The lowest BCUT2D eigenvalue weighted by molar-refractivity contribution is 0.503. The van der Waals surface area contributed by atoms with Gasteiger partial charge in [0.2, 0.25) is 5.89 Å². The standard InChI is InChI=1S/C7H8N4OS/c1-2-3-6-9-10-7(12-6)5-4-8-11-13-5/h4H,2-3H2,1H3. The minimum absolute atomic E-state index is 0.512. The third-order valence-electron chi connectivity index (χ3n) is 1.50. The van der Waals surface area contributed by atoms with E-state index in [1.54, 1.807) is 6.20 Å². The Hall–Kier alpha value is -1.30. The van der Waals surface area contributed by atoms with Crippen LogP contribution in [0, 0.1) is 0 Å². The second kappa shape index (κ2) is 3.61. The van der Waals surface area contributed by atoms with Crippen LogP contribution < -0.4 is 0 Å². The molecule has 2 aromatic rings. The van der Waals surface area contributed by atoms with Gasteiger partial charge < -0.3 is 4.42 Å². The predicted molar refractivity (Wildman–Crippen MR) is 47.2 cm³/mol. The highest BCUT2D eigenvalue weighted by molar-refractivity contribution is 7.09. The zero-order valence-electron chi connectivity index (χ0n) is 7.10. The van der Waals surface area contributed by atoms with E-state index in [-0.39, 0.29) is 0 Å². The number of aromatic nitrogens is 4. The van der Waals surface area contributed by atoms with E-state index in [0.717, 1.165) is 17.7 Å². The summed E-state index contributed by atoms with van der Waals surface area (Å²) in [5, 5.41) is 11.5. The van der Waals surface area contributed by atoms with Gasteiger partial charge in [0.1, 0.15) is 4.88 Å². The molecular weight excluding hydrogens is 188 g/mol. The number of aryl methyl sites for hydroxylation is 1. The number of rotatable bonds is 3. The Balaban J connectivity index is 2.23. The van der Waals surface area contributed by atoms with Gasteiger partial charge in [-0.05, 0) is 18.0 Å². The van der Waals surface area contributed by atoms with Crippen molar-refractivity contribution in [2.24, 2.45) is 0 Å². The molecular formula is C7H8N4OS. The first kappa shape index (κ1) is 8.31. The van der Waals surface area contributed by atoms with Gasteiger partial charge in [-0.25, -0.2) is 0 Å². The fourth-order valence-electron chi connectivity index (χ4n) is 0.929. The largest absolute Gasteiger partial charge is 0.420 e. The topological polar surface area (TPSA) is 64.7 Å². The van der Waals surface area contributed by atoms with Crippen molar-refractivity contribution in [3.05, 3.63) is 12.1 Å². The molecule has 0 saturated carbocycles. The van der Waals surface area contributed by atoms with Crippen molar-refractivity contribution < 1.29 is 4.42 Å². The van der Waals surface area contributed by atoms with Crippen molar-refractivity contribution in [1.29, 1.82) is 0 Å². The Morgan fingerprint density at radius 3 is 3.08 bits per heavy atom. The molecule has 0 N–H and O–H groups in total. The van der Waals surface area contributed by atoms with Gasteiger partial charge in [0.25, 0.3) is 5.89 Å². The summed E-state index contributed by atoms with van der Waals surface area (Å²) < 4.78 is 9.09. The molecule has 0 aromatic carbocycles. The first-order chi connectivity index (χ1) is 6.40. The van der Waals surface area contributed by atoms with Gasteiger partial charge in [-0.2, -0.15) is 0 Å². The third kappa shape index (κ3) is 1.72. The summed E-state index contributed by atoms with van der Waals surface area (Å²) in [6, 6.07) is 0. The van der Waals surface area contributed by atoms with Gasteiger partial charge in [-0.15, -0.1) is 15.3 Å². The fourth-order valence-corrected chi connectivity index (χ4v) is 1.37. The normalized spacial score (nSPS) is 10.5. The van der Waals surface area contributed by atoms with E-state index in [4.69, 9.17) is 4.42 Å². The predicted octanol–water partition coefficient (Wildman–Crippen LogP) is 1.54. The summed E-state index contributed by atoms with van der Waals surface area (Å²) in [5.41, 5.74) is 0. The Morgan fingerprint density at radius 1 is 1.46 bits per heavy atom. The van der Waals surface area contributed by atoms with E-state index < -0.39 is 0 Å². The molecule has 68 valence electrons. The van der Waals surface area contributed by atoms with Crippen LogP contribution in [0.1, 0.15) is 19.2 Å². The third-order valence-corrected chi connectivity index (χ3v) is 2.16. The van der Waals surface area contributed by atoms with Crippen molar-refractivity contribution in [2.75, 3.05) is 0 Å². The molecule has 0 atom stereocenters. The number of nitrogens with zero attached hydrogens (tertiary/aromatic N) is 4. The first-order valence-electron chi connectivity index (χ1n) is 4.00. The second-order valence-electron chi connectivity index (χ2n) is 2.53. The van der Waals surface area contributed by atoms with Crippen LogP contribution in [0.5, 0.6) is 0 Å². The zero-order chi connectivity index (χ0) is 9.10. The van der Waals surface area contributed by atoms with E-state index in [2.05, 4.69) is 26.7 Å². The molecule has 2 aromatic heterocycles. The van der Waals surface area contributed by atoms with Crippen LogP contribution in [0.4, 0.5) is 0 Å². The summed E-state index contributed by atoms with van der Waals surface area (Å²) in [6.45, 7) is 2.07. The highest BCUT2D eigenvalue weighted by atomic mass is 32.1. The molecule has 13 heavy (non-hydrogen) atoms. The van der Waals surface area contributed by atoms with Crippen LogP contribution in [0.2, 0.25) is 0 Å². The summed E-state index contributed by atoms with van der Waals surface area (Å²) >= 11 is 1.25. The average molecular weight is 196 g/mol. The molecule has 0 saturated heterocycles. The lowest BCUT2D eigenvalue weighted by Gasteiger charge is -1.85. The molecule has 0 spiro atoms. The summed E-state index contributed by atoms with van der Waals surface area (Å²) in [5.74, 6) is 1.18. The Labute approximate surface area is 79.0 Å². The molecule has 0 bridgehead atoms. The molecule has 5 nitrogen and oxygen atoms in total. The SMILES string of the molecule is CCCc1nnc(-c2cnns2)o1. The van der Waals surface area contributed by atoms with Gasteiger partial charge in [0, 0.05) is 6.42 Å². The zero-order valence-corrected chi connectivity index (χ0v) is 7.91. The number of hydrogen-bond donors (Lipinski definition) is 0. The Bertz CT molecular complexity index is 370. The van der Waals surface area contributed by atoms with Gasteiger partial charge >= 0.3 is 0 Å². The van der Waals surface area contributed by atoms with E-state index in [9.17, 15) is 0 Å². The van der Waals surface area contributed by atoms with Gasteiger partial charge in [0.05, 0.1) is 6.20 Å². The van der Waals surface area contributed by atoms with E-state index in [1.165, 1.54) is 11.5 Å². The monoisotopic (exact) mass is 196 g/mol. The van der Waals surface area contributed by atoms with Crippen molar-refractivity contribution >= 4 is 11.5 Å². The second-order valence-corrected chi connectivity index (χ2v) is 3.32. The van der Waals surface area contributed by atoms with Crippen LogP contribution in [0.15, 0.2) is 10.6 Å². The van der Waals surface area contributed by atoms with E-state index in [0.29, 0.717) is 11.8 Å². The average Bonchev–Trinajstić information content (AvgIpc) is 2.70. The highest BCUT2D eigenvalue weighted by Crippen LogP contribution is 2.19. The molecule has 0 aliphatic rings. The minimum Gasteiger partial charge on any atom is -0.420 e. The van der Waals surface area contributed by atoms with Crippen LogP contribution in [-0.4, -0.2) is 19.8 Å². The fraction of sp³-hybridized carbons (Fsp3) is 0.429. The van der Waals surface area contributed by atoms with Crippen molar-refractivity contribution in [3.8, 4) is 10.8 Å². The van der Waals surface area contributed by atoms with Crippen molar-refractivity contribution in [1.82, 2.24) is 19.8 Å². The van der Waals surface area contributed by atoms with Gasteiger partial charge in [-0.1, -0.05) is 11.4 Å². The van der Waals surface area contributed by atoms with Gasteiger partial charge in [0.15, 0.2) is 0 Å². The summed E-state index contributed by atoms with van der Waals surface area (Å²) in [6.07, 6.45) is 3.44. The molecule has 0 fully saturated rings. The Kier molecular flexibility index (Phi) is 2.31. The molecule has 0 amide bonds. The van der Waals surface area contributed by atoms with Gasteiger partial charge in [-0.3, -0.25) is 0 Å². The quantitative estimate of drug-likeness (QED) is 0.745. The first-order valence-corrected chi connectivity index (χ1v) is 4.77. The summed E-state index contributed by atoms with van der Waals surface area (Å²) in [7, 11) is 0. The molecule has 0 aliphatic carbocycles. The lowest BCUT2D eigenvalue weighted by Crippen LogP contribution is -1.80. The van der Waals surface area contributed by atoms with Crippen LogP contribution in [-0.2, 0) is 6.42 Å². The number of hydrogen-bond acceptors (Lipinski definition) is 6. The maximum atomic E-state index is 5.38. The molecule has 6 heteroatoms. The molecule has 0 aliphatic heterocycles. The van der Waals surface area contributed by atoms with Crippen LogP contribution in [0.3, 0.4) is 0 Å². The minimum atomic E-state index is 0.512. The summed E-state index contributed by atoms with van der Waals surface area (Å²) in [4.78, 5) is 0.815. The molecule has 2 rings (SSSR count). The smallest absolute Gasteiger partial charge is 0.261 e. The molecule has 0 radical (unpaired) electrons. The highest BCUT2D eigenvalue weighted by Gasteiger charge is 2.09. The van der Waals surface area contributed by atoms with E-state index in [1.807, 2.05) is 0 Å². The Morgan fingerprint density at radius 2 is 2.38 bits per heavy atom. The van der Waals surface area contributed by atoms with Crippen molar-refractivity contribution in [2.45, 2.75) is 19.8 Å². The molecule has 0 unspecified atom stereocenters. The maximum absolute atomic E-state index is 5.38. The van der Waals surface area contributed by atoms with E-state index >= 15 is 0 Å².